The number of hydrogen-bond donors (Lipinski definition) is 1. The lowest BCUT2D eigenvalue weighted by Crippen LogP contribution is -2.40. The van der Waals surface area contributed by atoms with Gasteiger partial charge in [-0.3, -0.25) is 4.57 Å². The smallest absolute Gasteiger partial charge is 0.306 e. The quantitative estimate of drug-likeness (QED) is 0.616. The van der Waals surface area contributed by atoms with Crippen molar-refractivity contribution in [1.29, 1.82) is 5.26 Å². The number of rotatable bonds is 5. The van der Waals surface area contributed by atoms with Gasteiger partial charge in [0.15, 0.2) is 0 Å². The number of nitriles is 1. The molecule has 0 saturated carbocycles. The van der Waals surface area contributed by atoms with Gasteiger partial charge >= 0.3 is 7.67 Å². The van der Waals surface area contributed by atoms with E-state index in [1.165, 1.54) is 0 Å². The first-order chi connectivity index (χ1) is 7.66. The highest BCUT2D eigenvalue weighted by Crippen LogP contribution is 2.49. The monoisotopic (exact) mass is 285 g/mol. The van der Waals surface area contributed by atoms with E-state index >= 15 is 0 Å². The lowest BCUT2D eigenvalue weighted by molar-refractivity contribution is 0.222. The van der Waals surface area contributed by atoms with E-state index in [9.17, 15) is 4.57 Å². The van der Waals surface area contributed by atoms with Crippen LogP contribution in [0.3, 0.4) is 0 Å². The summed E-state index contributed by atoms with van der Waals surface area (Å²) in [6, 6.07) is 1.60. The van der Waals surface area contributed by atoms with Gasteiger partial charge in [-0.25, -0.2) is 9.76 Å². The summed E-state index contributed by atoms with van der Waals surface area (Å²) in [5, 5.41) is 11.5. The number of halogens is 2. The van der Waals surface area contributed by atoms with E-state index in [2.05, 4.69) is 5.09 Å². The highest BCUT2D eigenvalue weighted by Gasteiger charge is 2.37. The van der Waals surface area contributed by atoms with Gasteiger partial charge in [-0.15, -0.1) is 23.2 Å². The van der Waals surface area contributed by atoms with Crippen molar-refractivity contribution >= 4 is 30.9 Å². The summed E-state index contributed by atoms with van der Waals surface area (Å²) in [7, 11) is -3.14. The van der Waals surface area contributed by atoms with Crippen LogP contribution in [0, 0.1) is 11.3 Å². The highest BCUT2D eigenvalue weighted by atomic mass is 35.5. The van der Waals surface area contributed by atoms with Crippen LogP contribution < -0.4 is 5.09 Å². The minimum Gasteiger partial charge on any atom is -0.306 e. The Hall–Kier alpha value is 0.180. The van der Waals surface area contributed by atoms with E-state index in [0.717, 1.165) is 0 Å². The van der Waals surface area contributed by atoms with Gasteiger partial charge in [0.1, 0.15) is 6.04 Å². The minimum atomic E-state index is -3.14. The van der Waals surface area contributed by atoms with E-state index < -0.39 is 13.7 Å². The normalized spacial score (nSPS) is 30.2. The summed E-state index contributed by atoms with van der Waals surface area (Å²) < 4.78 is 19.3. The van der Waals surface area contributed by atoms with Crippen molar-refractivity contribution in [3.05, 3.63) is 0 Å². The van der Waals surface area contributed by atoms with Crippen LogP contribution in [-0.4, -0.2) is 42.2 Å². The zero-order valence-corrected chi connectivity index (χ0v) is 11.1. The first kappa shape index (κ1) is 14.2. The molecule has 0 radical (unpaired) electrons. The Balaban J connectivity index is 2.72. The maximum Gasteiger partial charge on any atom is 0.344 e. The first-order valence-corrected chi connectivity index (χ1v) is 7.60. The van der Waals surface area contributed by atoms with Crippen molar-refractivity contribution in [1.82, 2.24) is 9.76 Å². The summed E-state index contributed by atoms with van der Waals surface area (Å²) in [5.41, 5.74) is 0. The van der Waals surface area contributed by atoms with Gasteiger partial charge in [0.05, 0.1) is 12.7 Å². The average molecular weight is 286 g/mol. The minimum absolute atomic E-state index is 0.309. The van der Waals surface area contributed by atoms with Crippen molar-refractivity contribution in [2.24, 2.45) is 0 Å². The van der Waals surface area contributed by atoms with Crippen molar-refractivity contribution in [3.63, 3.8) is 0 Å². The van der Waals surface area contributed by atoms with Gasteiger partial charge in [0.25, 0.3) is 0 Å². The Labute approximate surface area is 105 Å². The van der Waals surface area contributed by atoms with Crippen LogP contribution in [0.15, 0.2) is 0 Å². The lowest BCUT2D eigenvalue weighted by atomic mass is 10.3. The standard InChI is InChI=1S/C8H14Cl2N3O2P/c9-2-4-13(5-3-10)16(14)12-8(7-11)1-6-15-16/h8H,1-6H2,(H,12,14). The molecule has 0 aliphatic carbocycles. The predicted octanol–water partition coefficient (Wildman–Crippen LogP) is 1.78. The third-order valence-electron chi connectivity index (χ3n) is 2.21. The molecule has 1 fully saturated rings. The molecule has 92 valence electrons. The molecular formula is C8H14Cl2N3O2P. The summed E-state index contributed by atoms with van der Waals surface area (Å²) >= 11 is 11.3. The molecule has 2 atom stereocenters. The van der Waals surface area contributed by atoms with Gasteiger partial charge < -0.3 is 4.52 Å². The molecule has 0 aromatic carbocycles. The topological polar surface area (TPSA) is 65.4 Å². The molecule has 2 unspecified atom stereocenters. The van der Waals surface area contributed by atoms with Crippen LogP contribution in [-0.2, 0) is 9.09 Å². The Morgan fingerprint density at radius 1 is 1.50 bits per heavy atom. The molecule has 1 saturated heterocycles. The first-order valence-electron chi connectivity index (χ1n) is 4.95. The van der Waals surface area contributed by atoms with Crippen molar-refractivity contribution in [3.8, 4) is 6.07 Å². The molecule has 8 heteroatoms. The summed E-state index contributed by atoms with van der Waals surface area (Å²) in [4.78, 5) is 0. The predicted molar refractivity (Wildman–Crippen MR) is 63.7 cm³/mol. The number of alkyl halides is 2. The molecular weight excluding hydrogens is 272 g/mol. The Morgan fingerprint density at radius 3 is 2.62 bits per heavy atom. The van der Waals surface area contributed by atoms with Crippen LogP contribution in [0.25, 0.3) is 0 Å². The third kappa shape index (κ3) is 3.59. The van der Waals surface area contributed by atoms with Gasteiger partial charge in [0, 0.05) is 31.3 Å². The molecule has 1 heterocycles. The van der Waals surface area contributed by atoms with E-state index in [4.69, 9.17) is 33.0 Å². The van der Waals surface area contributed by atoms with Crippen molar-refractivity contribution in [2.45, 2.75) is 12.5 Å². The molecule has 0 bridgehead atoms. The van der Waals surface area contributed by atoms with Gasteiger partial charge in [-0.1, -0.05) is 0 Å². The summed E-state index contributed by atoms with van der Waals surface area (Å²) in [6.45, 7) is 1.14. The second kappa shape index (κ2) is 6.80. The van der Waals surface area contributed by atoms with Crippen LogP contribution in [0.5, 0.6) is 0 Å². The molecule has 0 aromatic rings. The fraction of sp³-hybridized carbons (Fsp3) is 0.875. The van der Waals surface area contributed by atoms with Gasteiger partial charge in [-0.2, -0.15) is 5.26 Å². The van der Waals surface area contributed by atoms with E-state index in [1.807, 2.05) is 6.07 Å². The average Bonchev–Trinajstić information content (AvgIpc) is 2.29. The lowest BCUT2D eigenvalue weighted by Gasteiger charge is -2.34. The largest absolute Gasteiger partial charge is 0.344 e. The van der Waals surface area contributed by atoms with Crippen LogP contribution >= 0.6 is 30.9 Å². The second-order valence-corrected chi connectivity index (χ2v) is 6.16. The number of hydrogen-bond acceptors (Lipinski definition) is 3. The molecule has 0 spiro atoms. The Bertz CT molecular complexity index is 304. The molecule has 16 heavy (non-hydrogen) atoms. The molecule has 0 aromatic heterocycles. The van der Waals surface area contributed by atoms with Gasteiger partial charge in [-0.05, 0) is 0 Å². The van der Waals surface area contributed by atoms with Crippen molar-refractivity contribution < 1.29 is 9.09 Å². The van der Waals surface area contributed by atoms with E-state index in [-0.39, 0.29) is 0 Å². The summed E-state index contributed by atoms with van der Waals surface area (Å²) in [5.74, 6) is 0.673. The molecule has 0 amide bonds. The fourth-order valence-electron chi connectivity index (χ4n) is 1.42. The van der Waals surface area contributed by atoms with Gasteiger partial charge in [0.2, 0.25) is 0 Å². The third-order valence-corrected chi connectivity index (χ3v) is 4.86. The maximum absolute atomic E-state index is 12.4. The molecule has 1 N–H and O–H groups in total. The highest BCUT2D eigenvalue weighted by molar-refractivity contribution is 7.54. The maximum atomic E-state index is 12.4. The summed E-state index contributed by atoms with van der Waals surface area (Å²) in [6.07, 6.45) is 0.538. The van der Waals surface area contributed by atoms with Crippen LogP contribution in [0.2, 0.25) is 0 Å². The molecule has 5 nitrogen and oxygen atoms in total. The Kier molecular flexibility index (Phi) is 6.06. The van der Waals surface area contributed by atoms with Crippen LogP contribution in [0.4, 0.5) is 0 Å². The molecule has 1 aliphatic rings. The zero-order chi connectivity index (χ0) is 12.0. The Morgan fingerprint density at radius 2 is 2.12 bits per heavy atom. The molecule has 1 rings (SSSR count). The SMILES string of the molecule is N#CC1CCOP(=O)(N(CCCl)CCCl)N1. The zero-order valence-electron chi connectivity index (χ0n) is 8.73. The van der Waals surface area contributed by atoms with Crippen molar-refractivity contribution in [2.75, 3.05) is 31.5 Å². The second-order valence-electron chi connectivity index (χ2n) is 3.28. The molecule has 1 aliphatic heterocycles. The fourth-order valence-corrected chi connectivity index (χ4v) is 4.13. The van der Waals surface area contributed by atoms with E-state index in [1.54, 1.807) is 4.67 Å². The van der Waals surface area contributed by atoms with Crippen LogP contribution in [0.1, 0.15) is 6.42 Å². The van der Waals surface area contributed by atoms with E-state index in [0.29, 0.717) is 37.9 Å². The number of nitrogens with zero attached hydrogens (tertiary/aromatic N) is 2. The number of nitrogens with one attached hydrogen (secondary N) is 1.